The first-order valence-electron chi connectivity index (χ1n) is 7.10. The summed E-state index contributed by atoms with van der Waals surface area (Å²) in [4.78, 5) is 2.13. The van der Waals surface area contributed by atoms with Crippen molar-refractivity contribution in [3.8, 4) is 5.75 Å². The molecule has 20 heavy (non-hydrogen) atoms. The second kappa shape index (κ2) is 7.11. The van der Waals surface area contributed by atoms with Crippen LogP contribution in [0.25, 0.3) is 0 Å². The highest BCUT2D eigenvalue weighted by atomic mass is 16.5. The van der Waals surface area contributed by atoms with Crippen molar-refractivity contribution < 1.29 is 4.74 Å². The molecule has 0 spiro atoms. The van der Waals surface area contributed by atoms with Crippen LogP contribution in [0.15, 0.2) is 54.6 Å². The van der Waals surface area contributed by atoms with Gasteiger partial charge in [0.05, 0.1) is 0 Å². The zero-order valence-electron chi connectivity index (χ0n) is 12.5. The molecule has 0 heterocycles. The minimum absolute atomic E-state index is 0.340. The van der Waals surface area contributed by atoms with Gasteiger partial charge in [-0.3, -0.25) is 0 Å². The van der Waals surface area contributed by atoms with E-state index in [9.17, 15) is 0 Å². The average Bonchev–Trinajstić information content (AvgIpc) is 2.47. The lowest BCUT2D eigenvalue weighted by molar-refractivity contribution is 0.259. The van der Waals surface area contributed by atoms with Gasteiger partial charge in [-0.2, -0.15) is 0 Å². The maximum atomic E-state index is 5.95. The summed E-state index contributed by atoms with van der Waals surface area (Å²) in [5.41, 5.74) is 2.56. The van der Waals surface area contributed by atoms with Gasteiger partial charge in [-0.25, -0.2) is 0 Å². The first kappa shape index (κ1) is 14.6. The van der Waals surface area contributed by atoms with E-state index in [1.165, 1.54) is 11.1 Å². The molecule has 1 atom stereocenters. The molecule has 0 fully saturated rings. The first-order chi connectivity index (χ1) is 9.68. The Hall–Kier alpha value is -1.80. The van der Waals surface area contributed by atoms with Crippen molar-refractivity contribution in [3.63, 3.8) is 0 Å². The second-order valence-corrected chi connectivity index (χ2v) is 5.32. The van der Waals surface area contributed by atoms with Crippen molar-refractivity contribution in [2.75, 3.05) is 27.2 Å². The third-order valence-corrected chi connectivity index (χ3v) is 3.48. The predicted molar refractivity (Wildman–Crippen MR) is 84.5 cm³/mol. The highest BCUT2D eigenvalue weighted by Gasteiger charge is 2.13. The average molecular weight is 269 g/mol. The van der Waals surface area contributed by atoms with E-state index in [-0.39, 0.29) is 0 Å². The van der Waals surface area contributed by atoms with E-state index in [0.29, 0.717) is 12.5 Å². The van der Waals surface area contributed by atoms with Crippen molar-refractivity contribution in [2.24, 2.45) is 0 Å². The molecule has 0 aliphatic rings. The molecule has 2 aromatic carbocycles. The Kier molecular flexibility index (Phi) is 5.19. The van der Waals surface area contributed by atoms with Crippen LogP contribution in [0.1, 0.15) is 24.0 Å². The molecule has 2 rings (SSSR count). The lowest BCUT2D eigenvalue weighted by atomic mass is 9.92. The van der Waals surface area contributed by atoms with Crippen molar-refractivity contribution in [3.05, 3.63) is 65.7 Å². The summed E-state index contributed by atoms with van der Waals surface area (Å²) in [7, 11) is 4.11. The van der Waals surface area contributed by atoms with Crippen LogP contribution in [-0.2, 0) is 0 Å². The minimum atomic E-state index is 0.340. The van der Waals surface area contributed by atoms with Crippen molar-refractivity contribution in [1.82, 2.24) is 4.90 Å². The number of likely N-dealkylation sites (N-methyl/N-ethyl adjacent to an activating group) is 1. The molecule has 2 nitrogen and oxygen atoms in total. The van der Waals surface area contributed by atoms with E-state index < -0.39 is 0 Å². The summed E-state index contributed by atoms with van der Waals surface area (Å²) < 4.78 is 5.95. The third-order valence-electron chi connectivity index (χ3n) is 3.48. The van der Waals surface area contributed by atoms with Crippen LogP contribution in [0, 0.1) is 0 Å². The van der Waals surface area contributed by atoms with E-state index in [0.717, 1.165) is 12.3 Å². The molecule has 106 valence electrons. The largest absolute Gasteiger partial charge is 0.492 e. The standard InChI is InChI=1S/C18H23NO/c1-15(16-9-5-4-6-10-16)17-11-7-8-12-18(17)20-14-13-19(2)3/h4-12,15H,13-14H2,1-3H3/t15-/m0/s1. The summed E-state index contributed by atoms with van der Waals surface area (Å²) in [6.07, 6.45) is 0. The van der Waals surface area contributed by atoms with Crippen LogP contribution < -0.4 is 4.74 Å². The molecule has 0 bridgehead atoms. The number of para-hydroxylation sites is 1. The van der Waals surface area contributed by atoms with Gasteiger partial charge in [0.25, 0.3) is 0 Å². The topological polar surface area (TPSA) is 12.5 Å². The van der Waals surface area contributed by atoms with E-state index in [2.05, 4.69) is 74.4 Å². The molecule has 0 saturated heterocycles. The van der Waals surface area contributed by atoms with Crippen LogP contribution >= 0.6 is 0 Å². The monoisotopic (exact) mass is 269 g/mol. The van der Waals surface area contributed by atoms with Gasteiger partial charge in [-0.15, -0.1) is 0 Å². The van der Waals surface area contributed by atoms with Crippen LogP contribution in [0.2, 0.25) is 0 Å². The van der Waals surface area contributed by atoms with Gasteiger partial charge in [0.15, 0.2) is 0 Å². The Morgan fingerprint density at radius 3 is 2.30 bits per heavy atom. The van der Waals surface area contributed by atoms with Gasteiger partial charge in [0, 0.05) is 18.0 Å². The SMILES string of the molecule is C[C@@H](c1ccccc1)c1ccccc1OCCN(C)C. The molecule has 0 saturated carbocycles. The zero-order valence-corrected chi connectivity index (χ0v) is 12.5. The number of benzene rings is 2. The smallest absolute Gasteiger partial charge is 0.123 e. The number of nitrogens with zero attached hydrogens (tertiary/aromatic N) is 1. The Morgan fingerprint density at radius 2 is 1.60 bits per heavy atom. The van der Waals surface area contributed by atoms with Gasteiger partial charge in [0.2, 0.25) is 0 Å². The molecule has 0 aliphatic carbocycles. The number of rotatable bonds is 6. The molecule has 0 unspecified atom stereocenters. The molecule has 0 aromatic heterocycles. The lowest BCUT2D eigenvalue weighted by Gasteiger charge is -2.18. The molecular formula is C18H23NO. The summed E-state index contributed by atoms with van der Waals surface area (Å²) in [6.45, 7) is 3.86. The number of hydrogen-bond donors (Lipinski definition) is 0. The Labute approximate surface area is 122 Å². The predicted octanol–water partition coefficient (Wildman–Crippen LogP) is 3.78. The van der Waals surface area contributed by atoms with Crippen LogP contribution in [0.5, 0.6) is 5.75 Å². The van der Waals surface area contributed by atoms with E-state index in [1.807, 2.05) is 6.07 Å². The van der Waals surface area contributed by atoms with Gasteiger partial charge < -0.3 is 9.64 Å². The van der Waals surface area contributed by atoms with Crippen molar-refractivity contribution >= 4 is 0 Å². The highest BCUT2D eigenvalue weighted by Crippen LogP contribution is 2.31. The van der Waals surface area contributed by atoms with E-state index >= 15 is 0 Å². The molecule has 0 aliphatic heterocycles. The van der Waals surface area contributed by atoms with Crippen LogP contribution in [0.3, 0.4) is 0 Å². The molecule has 0 N–H and O–H groups in total. The Morgan fingerprint density at radius 1 is 0.950 bits per heavy atom. The zero-order chi connectivity index (χ0) is 14.4. The summed E-state index contributed by atoms with van der Waals surface area (Å²) >= 11 is 0. The van der Waals surface area contributed by atoms with Crippen molar-refractivity contribution in [1.29, 1.82) is 0 Å². The Bertz CT molecular complexity index is 522. The van der Waals surface area contributed by atoms with Crippen LogP contribution in [0.4, 0.5) is 0 Å². The molecular weight excluding hydrogens is 246 g/mol. The lowest BCUT2D eigenvalue weighted by Crippen LogP contribution is -2.19. The van der Waals surface area contributed by atoms with Gasteiger partial charge in [-0.1, -0.05) is 55.5 Å². The van der Waals surface area contributed by atoms with Crippen LogP contribution in [-0.4, -0.2) is 32.1 Å². The van der Waals surface area contributed by atoms with Gasteiger partial charge in [-0.05, 0) is 25.7 Å². The molecule has 0 amide bonds. The quantitative estimate of drug-likeness (QED) is 0.791. The maximum Gasteiger partial charge on any atom is 0.123 e. The fraction of sp³-hybridized carbons (Fsp3) is 0.333. The van der Waals surface area contributed by atoms with Crippen molar-refractivity contribution in [2.45, 2.75) is 12.8 Å². The minimum Gasteiger partial charge on any atom is -0.492 e. The molecule has 2 heteroatoms. The maximum absolute atomic E-state index is 5.95. The normalized spacial score (nSPS) is 12.4. The molecule has 2 aromatic rings. The molecule has 0 radical (unpaired) electrons. The Balaban J connectivity index is 2.15. The summed E-state index contributed by atoms with van der Waals surface area (Å²) in [5.74, 6) is 1.33. The fourth-order valence-electron chi connectivity index (χ4n) is 2.23. The number of ether oxygens (including phenoxy) is 1. The summed E-state index contributed by atoms with van der Waals surface area (Å²) in [5, 5.41) is 0. The fourth-order valence-corrected chi connectivity index (χ4v) is 2.23. The van der Waals surface area contributed by atoms with E-state index in [1.54, 1.807) is 0 Å². The highest BCUT2D eigenvalue weighted by molar-refractivity contribution is 5.41. The first-order valence-corrected chi connectivity index (χ1v) is 7.10. The van der Waals surface area contributed by atoms with E-state index in [4.69, 9.17) is 4.74 Å². The van der Waals surface area contributed by atoms with Gasteiger partial charge >= 0.3 is 0 Å². The third kappa shape index (κ3) is 3.84. The number of hydrogen-bond acceptors (Lipinski definition) is 2. The second-order valence-electron chi connectivity index (χ2n) is 5.32. The van der Waals surface area contributed by atoms with Gasteiger partial charge in [0.1, 0.15) is 12.4 Å². The summed E-state index contributed by atoms with van der Waals surface area (Å²) in [6, 6.07) is 18.9.